The highest BCUT2D eigenvalue weighted by atomic mass is 19.1. The number of benzene rings is 3. The van der Waals surface area contributed by atoms with E-state index in [4.69, 9.17) is 4.74 Å². The Labute approximate surface area is 159 Å². The topological polar surface area (TPSA) is 9.23 Å². The predicted octanol–water partition coefficient (Wildman–Crippen LogP) is 7.36. The molecule has 0 saturated heterocycles. The van der Waals surface area contributed by atoms with Gasteiger partial charge in [-0.2, -0.15) is 0 Å². The van der Waals surface area contributed by atoms with Crippen molar-refractivity contribution in [2.24, 2.45) is 0 Å². The number of ether oxygens (including phenoxy) is 1. The van der Waals surface area contributed by atoms with Crippen molar-refractivity contribution >= 4 is 17.2 Å². The molecule has 1 aliphatic rings. The lowest BCUT2D eigenvalue weighted by atomic mass is 10.00. The van der Waals surface area contributed by atoms with Gasteiger partial charge >= 0.3 is 0 Å². The Morgan fingerprint density at radius 2 is 1.63 bits per heavy atom. The zero-order chi connectivity index (χ0) is 18.8. The van der Waals surface area contributed by atoms with E-state index in [1.54, 1.807) is 6.07 Å². The van der Waals surface area contributed by atoms with E-state index in [1.165, 1.54) is 17.2 Å². The van der Waals surface area contributed by atoms with Crippen LogP contribution in [0.2, 0.25) is 0 Å². The number of hydrogen-bond acceptors (Lipinski definition) is 1. The van der Waals surface area contributed by atoms with Gasteiger partial charge in [-0.05, 0) is 77.6 Å². The Bertz CT molecular complexity index is 1040. The first kappa shape index (κ1) is 17.3. The smallest absolute Gasteiger partial charge is 0.134 e. The first-order chi connectivity index (χ1) is 13.2. The first-order valence-electron chi connectivity index (χ1n) is 9.21. The molecule has 3 aromatic carbocycles. The number of para-hydroxylation sites is 2. The minimum absolute atomic E-state index is 0.193. The summed E-state index contributed by atoms with van der Waals surface area (Å²) >= 11 is 0. The fourth-order valence-corrected chi connectivity index (χ4v) is 3.67. The maximum atomic E-state index is 13.8. The van der Waals surface area contributed by atoms with Crippen LogP contribution in [0.3, 0.4) is 0 Å². The van der Waals surface area contributed by atoms with Crippen LogP contribution in [0.4, 0.5) is 4.39 Å². The van der Waals surface area contributed by atoms with Crippen molar-refractivity contribution in [2.75, 3.05) is 0 Å². The van der Waals surface area contributed by atoms with Crippen molar-refractivity contribution in [3.63, 3.8) is 0 Å². The van der Waals surface area contributed by atoms with Gasteiger partial charge in [0.15, 0.2) is 0 Å². The molecule has 0 aromatic heterocycles. The summed E-state index contributed by atoms with van der Waals surface area (Å²) in [6.45, 7) is 4.23. The van der Waals surface area contributed by atoms with Gasteiger partial charge in [0.25, 0.3) is 0 Å². The van der Waals surface area contributed by atoms with Crippen molar-refractivity contribution in [1.82, 2.24) is 0 Å². The van der Waals surface area contributed by atoms with E-state index in [1.807, 2.05) is 60.7 Å². The molecule has 1 nitrogen and oxygen atoms in total. The van der Waals surface area contributed by atoms with Crippen molar-refractivity contribution in [2.45, 2.75) is 20.3 Å². The van der Waals surface area contributed by atoms with Gasteiger partial charge in [0.1, 0.15) is 17.3 Å². The number of rotatable bonds is 4. The highest BCUT2D eigenvalue weighted by Crippen LogP contribution is 2.44. The minimum atomic E-state index is -0.193. The molecule has 0 heterocycles. The monoisotopic (exact) mass is 356 g/mol. The SMILES string of the molecule is CCC1=C(C)/C(=C/c2ccccc2Oc2ccccc2)c2ccc(F)cc21. The lowest BCUT2D eigenvalue weighted by Gasteiger charge is -2.10. The summed E-state index contributed by atoms with van der Waals surface area (Å²) in [5.74, 6) is 1.41. The van der Waals surface area contributed by atoms with Gasteiger partial charge in [0, 0.05) is 5.56 Å². The number of allylic oxidation sites excluding steroid dienone is 3. The molecule has 1 aliphatic carbocycles. The van der Waals surface area contributed by atoms with Crippen molar-refractivity contribution in [3.8, 4) is 11.5 Å². The summed E-state index contributed by atoms with van der Waals surface area (Å²) in [6, 6.07) is 22.8. The molecule has 27 heavy (non-hydrogen) atoms. The maximum Gasteiger partial charge on any atom is 0.134 e. The average Bonchev–Trinajstić information content (AvgIpc) is 2.94. The van der Waals surface area contributed by atoms with Crippen LogP contribution in [-0.4, -0.2) is 0 Å². The molecule has 0 amide bonds. The molecule has 2 heteroatoms. The highest BCUT2D eigenvalue weighted by molar-refractivity contribution is 6.05. The molecule has 0 saturated carbocycles. The van der Waals surface area contributed by atoms with Crippen molar-refractivity contribution in [1.29, 1.82) is 0 Å². The van der Waals surface area contributed by atoms with Crippen molar-refractivity contribution < 1.29 is 9.13 Å². The van der Waals surface area contributed by atoms with Crippen molar-refractivity contribution in [3.05, 3.63) is 101 Å². The van der Waals surface area contributed by atoms with Crippen LogP contribution >= 0.6 is 0 Å². The fourth-order valence-electron chi connectivity index (χ4n) is 3.67. The predicted molar refractivity (Wildman–Crippen MR) is 110 cm³/mol. The van der Waals surface area contributed by atoms with E-state index in [-0.39, 0.29) is 5.82 Å². The number of fused-ring (bicyclic) bond motifs is 1. The molecule has 0 N–H and O–H groups in total. The second kappa shape index (κ2) is 7.24. The van der Waals surface area contributed by atoms with Crippen LogP contribution in [0, 0.1) is 5.82 Å². The third-order valence-corrected chi connectivity index (χ3v) is 5.00. The Morgan fingerprint density at radius 3 is 2.41 bits per heavy atom. The molecular weight excluding hydrogens is 335 g/mol. The van der Waals surface area contributed by atoms with Crippen LogP contribution in [-0.2, 0) is 0 Å². The molecule has 3 aromatic rings. The van der Waals surface area contributed by atoms with Gasteiger partial charge in [-0.15, -0.1) is 0 Å². The summed E-state index contributed by atoms with van der Waals surface area (Å²) in [5.41, 5.74) is 6.63. The Morgan fingerprint density at radius 1 is 0.889 bits per heavy atom. The fraction of sp³-hybridized carbons (Fsp3) is 0.120. The van der Waals surface area contributed by atoms with Crippen LogP contribution in [0.5, 0.6) is 11.5 Å². The molecule has 0 bridgehead atoms. The molecule has 0 atom stereocenters. The summed E-state index contributed by atoms with van der Waals surface area (Å²) in [4.78, 5) is 0. The summed E-state index contributed by atoms with van der Waals surface area (Å²) in [6.07, 6.45) is 3.02. The third-order valence-electron chi connectivity index (χ3n) is 5.00. The molecule has 0 fully saturated rings. The minimum Gasteiger partial charge on any atom is -0.457 e. The van der Waals surface area contributed by atoms with E-state index in [0.29, 0.717) is 0 Å². The average molecular weight is 356 g/mol. The van der Waals surface area contributed by atoms with E-state index in [9.17, 15) is 4.39 Å². The normalized spacial score (nSPS) is 14.6. The standard InChI is InChI=1S/C25H21FO/c1-3-21-17(2)23(22-14-13-19(26)16-24(21)22)15-18-9-7-8-12-25(18)27-20-10-5-4-6-11-20/h4-16H,3H2,1-2H3/b23-15-. The largest absolute Gasteiger partial charge is 0.457 e. The summed E-state index contributed by atoms with van der Waals surface area (Å²) in [5, 5.41) is 0. The van der Waals surface area contributed by atoms with E-state index in [0.717, 1.165) is 40.2 Å². The van der Waals surface area contributed by atoms with E-state index < -0.39 is 0 Å². The van der Waals surface area contributed by atoms with Gasteiger partial charge in [0.05, 0.1) is 0 Å². The van der Waals surface area contributed by atoms with Gasteiger partial charge in [-0.25, -0.2) is 4.39 Å². The van der Waals surface area contributed by atoms with Gasteiger partial charge in [-0.1, -0.05) is 49.4 Å². The van der Waals surface area contributed by atoms with Crippen LogP contribution in [0.25, 0.3) is 17.2 Å². The molecule has 134 valence electrons. The Kier molecular flexibility index (Phi) is 4.64. The van der Waals surface area contributed by atoms with Gasteiger partial charge in [0.2, 0.25) is 0 Å². The maximum absolute atomic E-state index is 13.8. The summed E-state index contributed by atoms with van der Waals surface area (Å²) < 4.78 is 19.9. The van der Waals surface area contributed by atoms with Crippen LogP contribution in [0.15, 0.2) is 78.4 Å². The molecule has 0 aliphatic heterocycles. The Balaban J connectivity index is 1.80. The molecule has 0 spiro atoms. The molecule has 0 radical (unpaired) electrons. The number of hydrogen-bond donors (Lipinski definition) is 0. The lowest BCUT2D eigenvalue weighted by molar-refractivity contribution is 0.481. The van der Waals surface area contributed by atoms with Gasteiger partial charge in [-0.3, -0.25) is 0 Å². The third kappa shape index (κ3) is 3.31. The zero-order valence-corrected chi connectivity index (χ0v) is 15.5. The quantitative estimate of drug-likeness (QED) is 0.474. The molecule has 0 unspecified atom stereocenters. The number of halogens is 1. The van der Waals surface area contributed by atoms with Crippen LogP contribution < -0.4 is 4.74 Å². The summed E-state index contributed by atoms with van der Waals surface area (Å²) in [7, 11) is 0. The highest BCUT2D eigenvalue weighted by Gasteiger charge is 2.23. The van der Waals surface area contributed by atoms with Crippen LogP contribution in [0.1, 0.15) is 37.0 Å². The molecular formula is C25H21FO. The lowest BCUT2D eigenvalue weighted by Crippen LogP contribution is -1.89. The second-order valence-electron chi connectivity index (χ2n) is 6.66. The second-order valence-corrected chi connectivity index (χ2v) is 6.66. The van der Waals surface area contributed by atoms with E-state index in [2.05, 4.69) is 19.9 Å². The zero-order valence-electron chi connectivity index (χ0n) is 15.5. The van der Waals surface area contributed by atoms with Gasteiger partial charge < -0.3 is 4.74 Å². The first-order valence-corrected chi connectivity index (χ1v) is 9.21. The Hall–Kier alpha value is -3.13. The van der Waals surface area contributed by atoms with E-state index >= 15 is 0 Å². The molecule has 4 rings (SSSR count).